The summed E-state index contributed by atoms with van der Waals surface area (Å²) in [4.78, 5) is 54.5. The number of Topliss-reactive ketones (excluding diaryl/α,β-unsaturated/α-hetero) is 1. The summed E-state index contributed by atoms with van der Waals surface area (Å²) in [5.41, 5.74) is 0.309. The third-order valence-electron chi connectivity index (χ3n) is 15.3. The fourth-order valence-corrected chi connectivity index (χ4v) is 12.4. The van der Waals surface area contributed by atoms with Gasteiger partial charge in [0.15, 0.2) is 0 Å². The highest BCUT2D eigenvalue weighted by molar-refractivity contribution is 5.95. The van der Waals surface area contributed by atoms with E-state index in [4.69, 9.17) is 9.15 Å². The van der Waals surface area contributed by atoms with Crippen LogP contribution in [0.5, 0.6) is 0 Å². The summed E-state index contributed by atoms with van der Waals surface area (Å²) in [5.74, 6) is -0.583. The summed E-state index contributed by atoms with van der Waals surface area (Å²) in [6.07, 6.45) is 7.17. The van der Waals surface area contributed by atoms with Crippen molar-refractivity contribution >= 4 is 23.6 Å². The Hall–Kier alpha value is -3.04. The van der Waals surface area contributed by atoms with E-state index in [-0.39, 0.29) is 63.6 Å². The molecule has 1 N–H and O–H groups in total. The van der Waals surface area contributed by atoms with Gasteiger partial charge in [0, 0.05) is 31.7 Å². The SMILES string of the molecule is Cc1nnc(C(=O)N(C)[C@@]23CC[C@]4(C)C(=C2C(C(C)C)C(=O)C3)CC[C@@H]2[C@@]3(C)CC[C@H](OC(=O)CC(C)(C)C(=O)O)C(C)(C)[C@@H]3CC[C@]24C)o1. The summed E-state index contributed by atoms with van der Waals surface area (Å²) in [5, 5.41) is 17.5. The van der Waals surface area contributed by atoms with Gasteiger partial charge >= 0.3 is 23.7 Å². The lowest BCUT2D eigenvalue weighted by molar-refractivity contribution is -0.214. The third kappa shape index (κ3) is 5.07. The lowest BCUT2D eigenvalue weighted by Gasteiger charge is -2.70. The fourth-order valence-electron chi connectivity index (χ4n) is 12.4. The molecule has 0 spiro atoms. The molecule has 1 amide bonds. The molecule has 1 unspecified atom stereocenters. The van der Waals surface area contributed by atoms with Crippen LogP contribution in [0.2, 0.25) is 0 Å². The Morgan fingerprint density at radius 3 is 2.28 bits per heavy atom. The molecule has 1 aromatic heterocycles. The molecule has 1 aromatic rings. The number of carbonyl (C=O) groups excluding carboxylic acids is 3. The number of amides is 1. The van der Waals surface area contributed by atoms with E-state index in [1.807, 2.05) is 7.05 Å². The molecule has 276 valence electrons. The number of ketones is 1. The van der Waals surface area contributed by atoms with Crippen LogP contribution in [-0.2, 0) is 19.1 Å². The zero-order chi connectivity index (χ0) is 37.0. The van der Waals surface area contributed by atoms with Gasteiger partial charge in [0.05, 0.1) is 17.4 Å². The fraction of sp³-hybridized carbons (Fsp3) is 0.800. The summed E-state index contributed by atoms with van der Waals surface area (Å²) < 4.78 is 11.7. The van der Waals surface area contributed by atoms with Crippen LogP contribution in [0, 0.1) is 57.7 Å². The maximum absolute atomic E-state index is 14.0. The maximum Gasteiger partial charge on any atom is 0.311 e. The molecule has 10 nitrogen and oxygen atoms in total. The second kappa shape index (κ2) is 11.7. The molecule has 0 bridgehead atoms. The van der Waals surface area contributed by atoms with Gasteiger partial charge < -0.3 is 19.2 Å². The molecule has 4 saturated carbocycles. The van der Waals surface area contributed by atoms with Crippen LogP contribution in [0.4, 0.5) is 0 Å². The van der Waals surface area contributed by atoms with Gasteiger partial charge in [-0.2, -0.15) is 0 Å². The smallest absolute Gasteiger partial charge is 0.311 e. The van der Waals surface area contributed by atoms with Crippen LogP contribution in [0.15, 0.2) is 15.6 Å². The molecule has 50 heavy (non-hydrogen) atoms. The van der Waals surface area contributed by atoms with Crippen molar-refractivity contribution in [1.82, 2.24) is 15.1 Å². The van der Waals surface area contributed by atoms with E-state index in [0.29, 0.717) is 30.6 Å². The molecule has 0 aliphatic heterocycles. The number of aromatic nitrogens is 2. The number of nitrogens with zero attached hydrogens (tertiary/aromatic N) is 3. The van der Waals surface area contributed by atoms with Crippen molar-refractivity contribution in [2.75, 3.05) is 7.05 Å². The minimum absolute atomic E-state index is 0.0184. The van der Waals surface area contributed by atoms with Crippen molar-refractivity contribution in [1.29, 1.82) is 0 Å². The predicted octanol–water partition coefficient (Wildman–Crippen LogP) is 7.60. The Labute approximate surface area is 297 Å². The third-order valence-corrected chi connectivity index (χ3v) is 15.3. The van der Waals surface area contributed by atoms with Crippen molar-refractivity contribution in [3.05, 3.63) is 22.9 Å². The van der Waals surface area contributed by atoms with Gasteiger partial charge in [-0.15, -0.1) is 10.2 Å². The van der Waals surface area contributed by atoms with Crippen molar-refractivity contribution in [3.8, 4) is 0 Å². The number of aliphatic carboxylic acids is 1. The van der Waals surface area contributed by atoms with Crippen LogP contribution in [0.1, 0.15) is 143 Å². The number of hydrogen-bond donors (Lipinski definition) is 1. The first-order valence-electron chi connectivity index (χ1n) is 18.8. The van der Waals surface area contributed by atoms with Gasteiger partial charge in [0.2, 0.25) is 5.89 Å². The second-order valence-electron chi connectivity index (χ2n) is 18.9. The van der Waals surface area contributed by atoms with Gasteiger partial charge in [-0.1, -0.05) is 54.0 Å². The summed E-state index contributed by atoms with van der Waals surface area (Å²) >= 11 is 0. The molecule has 10 heteroatoms. The Morgan fingerprint density at radius 1 is 1.00 bits per heavy atom. The molecule has 5 aliphatic carbocycles. The zero-order valence-corrected chi connectivity index (χ0v) is 32.2. The van der Waals surface area contributed by atoms with Crippen LogP contribution in [0.3, 0.4) is 0 Å². The first kappa shape index (κ1) is 36.7. The van der Waals surface area contributed by atoms with E-state index in [2.05, 4.69) is 58.7 Å². The van der Waals surface area contributed by atoms with Gasteiger partial charge in [-0.25, -0.2) is 0 Å². The number of ether oxygens (including phenoxy) is 1. The molecule has 5 aliphatic rings. The molecule has 0 radical (unpaired) electrons. The van der Waals surface area contributed by atoms with E-state index in [0.717, 1.165) is 44.9 Å². The van der Waals surface area contributed by atoms with Crippen molar-refractivity contribution in [2.45, 2.75) is 145 Å². The monoisotopic (exact) mass is 693 g/mol. The van der Waals surface area contributed by atoms with Crippen LogP contribution >= 0.6 is 0 Å². The van der Waals surface area contributed by atoms with Crippen molar-refractivity contribution < 1.29 is 33.4 Å². The Balaban J connectivity index is 1.35. The summed E-state index contributed by atoms with van der Waals surface area (Å²) in [6.45, 7) is 21.0. The number of allylic oxidation sites excluding steroid dienone is 1. The Bertz CT molecular complexity index is 1640. The van der Waals surface area contributed by atoms with Crippen LogP contribution < -0.4 is 0 Å². The number of carbonyl (C=O) groups is 4. The average Bonchev–Trinajstić information content (AvgIpc) is 3.58. The molecule has 8 atom stereocenters. The maximum atomic E-state index is 14.0. The van der Waals surface area contributed by atoms with Gasteiger partial charge in [-0.05, 0) is 105 Å². The highest BCUT2D eigenvalue weighted by atomic mass is 16.5. The number of rotatable bonds is 7. The van der Waals surface area contributed by atoms with Crippen molar-refractivity contribution in [2.24, 2.45) is 50.7 Å². The topological polar surface area (TPSA) is 140 Å². The first-order valence-corrected chi connectivity index (χ1v) is 18.8. The highest BCUT2D eigenvalue weighted by Gasteiger charge is 2.69. The largest absolute Gasteiger partial charge is 0.481 e. The quantitative estimate of drug-likeness (QED) is 0.226. The zero-order valence-electron chi connectivity index (χ0n) is 32.2. The minimum Gasteiger partial charge on any atom is -0.481 e. The van der Waals surface area contributed by atoms with E-state index in [1.54, 1.807) is 25.7 Å². The Morgan fingerprint density at radius 2 is 1.68 bits per heavy atom. The van der Waals surface area contributed by atoms with E-state index in [9.17, 15) is 24.3 Å². The van der Waals surface area contributed by atoms with Gasteiger partial charge in [0.1, 0.15) is 11.9 Å². The van der Waals surface area contributed by atoms with Gasteiger partial charge in [0.25, 0.3) is 0 Å². The summed E-state index contributed by atoms with van der Waals surface area (Å²) in [6, 6.07) is 0. The minimum atomic E-state index is -1.18. The molecule has 1 heterocycles. The lowest BCUT2D eigenvalue weighted by Crippen LogP contribution is -2.65. The number of esters is 1. The van der Waals surface area contributed by atoms with E-state index >= 15 is 0 Å². The molecular formula is C40H59N3O7. The number of likely N-dealkylation sites (N-methyl/N-ethyl adjacent to an activating group) is 1. The van der Waals surface area contributed by atoms with Crippen molar-refractivity contribution in [3.63, 3.8) is 0 Å². The number of hydrogen-bond acceptors (Lipinski definition) is 8. The Kier molecular flexibility index (Phi) is 8.63. The number of fused-ring (bicyclic) bond motifs is 6. The highest BCUT2D eigenvalue weighted by Crippen LogP contribution is 2.75. The molecule has 4 fully saturated rings. The number of carboxylic acids is 1. The predicted molar refractivity (Wildman–Crippen MR) is 187 cm³/mol. The number of aryl methyl sites for hydroxylation is 1. The summed E-state index contributed by atoms with van der Waals surface area (Å²) in [7, 11) is 1.82. The molecular weight excluding hydrogens is 634 g/mol. The molecule has 6 rings (SSSR count). The van der Waals surface area contributed by atoms with Crippen LogP contribution in [-0.4, -0.2) is 62.5 Å². The van der Waals surface area contributed by atoms with E-state index < -0.39 is 22.9 Å². The number of carboxylic acid groups (broad SMARTS) is 1. The van der Waals surface area contributed by atoms with Crippen LogP contribution in [0.25, 0.3) is 0 Å². The molecule has 0 saturated heterocycles. The standard InChI is InChI=1S/C40H59N3O7/c1-22(2)30-25(44)20-40(43(11)33(46)32-42-41-23(3)49-32)19-18-38(9)24(31(30)40)12-13-27-37(8)16-15-28(50-29(45)21-35(4,5)34(47)48)36(6,7)26(37)14-17-39(27,38)10/h22,26-28,30H,12-21H2,1-11H3,(H,47,48)/t26-,27+,28-,30?,37-,38+,39+,40+/m0/s1. The van der Waals surface area contributed by atoms with E-state index in [1.165, 1.54) is 11.1 Å². The molecule has 0 aromatic carbocycles. The lowest BCUT2D eigenvalue weighted by atomic mass is 9.34. The second-order valence-corrected chi connectivity index (χ2v) is 18.9. The first-order chi connectivity index (χ1) is 23.1. The average molecular weight is 694 g/mol. The van der Waals surface area contributed by atoms with Gasteiger partial charge in [-0.3, -0.25) is 19.2 Å². The normalized spacial score (nSPS) is 37.8.